The summed E-state index contributed by atoms with van der Waals surface area (Å²) in [5, 5.41) is 0. The molecule has 0 radical (unpaired) electrons. The van der Waals surface area contributed by atoms with Gasteiger partial charge < -0.3 is 9.64 Å². The zero-order valence-corrected chi connectivity index (χ0v) is 19.5. The van der Waals surface area contributed by atoms with Crippen molar-refractivity contribution < 1.29 is 9.53 Å². The molecule has 168 valence electrons. The zero-order valence-electron chi connectivity index (χ0n) is 19.5. The third-order valence-electron chi connectivity index (χ3n) is 8.82. The number of rotatable bonds is 3. The molecule has 0 unspecified atom stereocenters. The number of carbonyl (C=O) groups excluding carboxylic acids is 1. The molecule has 2 saturated carbocycles. The van der Waals surface area contributed by atoms with Crippen LogP contribution >= 0.6 is 0 Å². The Morgan fingerprint density at radius 1 is 1.29 bits per heavy atom. The number of aryl methyl sites for hydroxylation is 1. The molecule has 0 bridgehead atoms. The molecule has 1 aromatic carbocycles. The molecule has 0 amide bonds. The highest BCUT2D eigenvalue weighted by atomic mass is 16.6. The number of fused-ring (bicyclic) bond motifs is 2. The van der Waals surface area contributed by atoms with Crippen LogP contribution in [0.4, 0.5) is 5.69 Å². The third kappa shape index (κ3) is 3.82. The van der Waals surface area contributed by atoms with Gasteiger partial charge in [0.25, 0.3) is 0 Å². The second-order valence-corrected chi connectivity index (χ2v) is 11.0. The minimum Gasteiger partial charge on any atom is -0.462 e. The largest absolute Gasteiger partial charge is 0.462 e. The predicted octanol–water partition coefficient (Wildman–Crippen LogP) is 4.82. The number of nitrogens with zero attached hydrogens (tertiary/aromatic N) is 2. The second-order valence-electron chi connectivity index (χ2n) is 11.0. The summed E-state index contributed by atoms with van der Waals surface area (Å²) in [7, 11) is 0. The number of hydrogen-bond donors (Lipinski definition) is 0. The van der Waals surface area contributed by atoms with E-state index in [4.69, 9.17) is 4.74 Å². The first-order valence-electron chi connectivity index (χ1n) is 12.3. The number of allylic oxidation sites excluding steroid dienone is 1. The first kappa shape index (κ1) is 21.1. The fraction of sp³-hybridized carbons (Fsp3) is 0.667. The average Bonchev–Trinajstić information content (AvgIpc) is 3.00. The Morgan fingerprint density at radius 2 is 2.13 bits per heavy atom. The summed E-state index contributed by atoms with van der Waals surface area (Å²) >= 11 is 0. The lowest BCUT2D eigenvalue weighted by Crippen LogP contribution is -2.54. The molecule has 0 aromatic heterocycles. The molecule has 2 heterocycles. The summed E-state index contributed by atoms with van der Waals surface area (Å²) < 4.78 is 5.99. The molecule has 4 heteroatoms. The van der Waals surface area contributed by atoms with Crippen LogP contribution in [0.15, 0.2) is 36.4 Å². The Hall–Kier alpha value is -1.81. The summed E-state index contributed by atoms with van der Waals surface area (Å²) in [6, 6.07) is 9.24. The number of anilines is 1. The van der Waals surface area contributed by atoms with Gasteiger partial charge in [0.2, 0.25) is 0 Å². The van der Waals surface area contributed by atoms with Crippen LogP contribution in [0.5, 0.6) is 0 Å². The molecule has 4 nitrogen and oxygen atoms in total. The third-order valence-corrected chi connectivity index (χ3v) is 8.82. The van der Waals surface area contributed by atoms with Crippen molar-refractivity contribution in [2.45, 2.75) is 65.0 Å². The molecule has 2 aliphatic heterocycles. The molecule has 4 fully saturated rings. The van der Waals surface area contributed by atoms with Gasteiger partial charge in [-0.3, -0.25) is 9.69 Å². The highest BCUT2D eigenvalue weighted by Gasteiger charge is 2.55. The van der Waals surface area contributed by atoms with E-state index in [1.165, 1.54) is 29.7 Å². The van der Waals surface area contributed by atoms with Crippen molar-refractivity contribution in [1.82, 2.24) is 4.90 Å². The fourth-order valence-electron chi connectivity index (χ4n) is 7.13. The van der Waals surface area contributed by atoms with E-state index < -0.39 is 0 Å². The van der Waals surface area contributed by atoms with Crippen LogP contribution in [0, 0.1) is 30.1 Å². The Labute approximate surface area is 187 Å². The molecule has 1 aromatic rings. The van der Waals surface area contributed by atoms with E-state index in [0.717, 1.165) is 45.4 Å². The van der Waals surface area contributed by atoms with E-state index in [2.05, 4.69) is 61.4 Å². The van der Waals surface area contributed by atoms with Gasteiger partial charge in [0, 0.05) is 43.8 Å². The monoisotopic (exact) mass is 422 g/mol. The lowest BCUT2D eigenvalue weighted by molar-refractivity contribution is -0.146. The van der Waals surface area contributed by atoms with Crippen LogP contribution in [-0.2, 0) is 9.53 Å². The Morgan fingerprint density at radius 3 is 2.90 bits per heavy atom. The Kier molecular flexibility index (Phi) is 5.40. The van der Waals surface area contributed by atoms with E-state index in [-0.39, 0.29) is 23.4 Å². The van der Waals surface area contributed by atoms with Crippen molar-refractivity contribution >= 4 is 11.7 Å². The molecule has 4 aliphatic rings. The van der Waals surface area contributed by atoms with Crippen molar-refractivity contribution in [2.24, 2.45) is 23.2 Å². The molecule has 31 heavy (non-hydrogen) atoms. The summed E-state index contributed by atoms with van der Waals surface area (Å²) in [4.78, 5) is 17.9. The molecule has 6 atom stereocenters. The molecule has 0 spiro atoms. The topological polar surface area (TPSA) is 32.8 Å². The van der Waals surface area contributed by atoms with E-state index in [1.54, 1.807) is 0 Å². The van der Waals surface area contributed by atoms with Crippen molar-refractivity contribution in [1.29, 1.82) is 0 Å². The van der Waals surface area contributed by atoms with E-state index in [9.17, 15) is 4.79 Å². The molecular formula is C27H38N2O2. The first-order valence-corrected chi connectivity index (χ1v) is 12.3. The van der Waals surface area contributed by atoms with Crippen molar-refractivity contribution in [3.05, 3.63) is 42.0 Å². The standard InChI is InChI=1S/C27H38N2O2/c1-18-7-5-9-21(13-18)29-12-11-28(16-20(29)3)17-23-22-14-24-19(2)8-6-10-27(24,4)15-25(22)31-26(23)30/h5,7,9,13,20,22-25H,2,6,8,10-12,14-17H2,1,3-4H3/t20-,22+,23-,24+,25-,27-/m0/s1. The molecule has 2 saturated heterocycles. The van der Waals surface area contributed by atoms with E-state index in [1.807, 2.05) is 0 Å². The van der Waals surface area contributed by atoms with Crippen LogP contribution in [0.3, 0.4) is 0 Å². The van der Waals surface area contributed by atoms with Crippen LogP contribution in [-0.4, -0.2) is 49.2 Å². The van der Waals surface area contributed by atoms with Gasteiger partial charge in [0.15, 0.2) is 0 Å². The number of esters is 1. The Balaban J connectivity index is 1.25. The van der Waals surface area contributed by atoms with Gasteiger partial charge in [0.1, 0.15) is 6.10 Å². The van der Waals surface area contributed by atoms with Crippen molar-refractivity contribution in [2.75, 3.05) is 31.1 Å². The number of hydrogen-bond acceptors (Lipinski definition) is 4. The lowest BCUT2D eigenvalue weighted by atomic mass is 9.55. The zero-order chi connectivity index (χ0) is 21.8. The van der Waals surface area contributed by atoms with Crippen LogP contribution in [0.1, 0.15) is 51.5 Å². The van der Waals surface area contributed by atoms with Gasteiger partial charge in [-0.25, -0.2) is 0 Å². The van der Waals surface area contributed by atoms with Crippen molar-refractivity contribution in [3.8, 4) is 0 Å². The van der Waals surface area contributed by atoms with Crippen LogP contribution in [0.25, 0.3) is 0 Å². The van der Waals surface area contributed by atoms with Gasteiger partial charge >= 0.3 is 5.97 Å². The van der Waals surface area contributed by atoms with Gasteiger partial charge in [-0.05, 0) is 75.0 Å². The highest BCUT2D eigenvalue weighted by Crippen LogP contribution is 2.57. The van der Waals surface area contributed by atoms with Crippen LogP contribution in [0.2, 0.25) is 0 Å². The maximum absolute atomic E-state index is 12.9. The number of carbonyl (C=O) groups is 1. The summed E-state index contributed by atoms with van der Waals surface area (Å²) in [5.74, 6) is 1.01. The van der Waals surface area contributed by atoms with Crippen molar-refractivity contribution in [3.63, 3.8) is 0 Å². The predicted molar refractivity (Wildman–Crippen MR) is 125 cm³/mol. The highest BCUT2D eigenvalue weighted by molar-refractivity contribution is 5.75. The maximum atomic E-state index is 12.9. The Bertz CT molecular complexity index is 867. The number of ether oxygens (including phenoxy) is 1. The normalized spacial score (nSPS) is 38.5. The van der Waals surface area contributed by atoms with Gasteiger partial charge in [-0.15, -0.1) is 0 Å². The first-order chi connectivity index (χ1) is 14.8. The second kappa shape index (κ2) is 7.95. The minimum atomic E-state index is 0.0296. The van der Waals surface area contributed by atoms with Gasteiger partial charge in [-0.2, -0.15) is 0 Å². The van der Waals surface area contributed by atoms with E-state index in [0.29, 0.717) is 17.9 Å². The van der Waals surface area contributed by atoms with E-state index >= 15 is 0 Å². The van der Waals surface area contributed by atoms with Gasteiger partial charge in [0.05, 0.1) is 5.92 Å². The van der Waals surface area contributed by atoms with Gasteiger partial charge in [-0.1, -0.05) is 31.2 Å². The molecule has 2 aliphatic carbocycles. The minimum absolute atomic E-state index is 0.0296. The molecule has 5 rings (SSSR count). The smallest absolute Gasteiger partial charge is 0.310 e. The lowest BCUT2D eigenvalue weighted by Gasteiger charge is -2.50. The number of piperazine rings is 1. The maximum Gasteiger partial charge on any atom is 0.310 e. The summed E-state index contributed by atoms with van der Waals surface area (Å²) in [6.07, 6.45) is 5.89. The fourth-order valence-corrected chi connectivity index (χ4v) is 7.13. The SMILES string of the molecule is C=C1CCC[C@@]2(C)C[C@@H]3OC(=O)[C@@H](CN4CCN(c5cccc(C)c5)[C@@H](C)C4)[C@H]3C[C@H]12. The molecule has 0 N–H and O–H groups in total. The average molecular weight is 423 g/mol. The molecular weight excluding hydrogens is 384 g/mol. The summed E-state index contributed by atoms with van der Waals surface area (Å²) in [5.41, 5.74) is 4.32. The number of benzene rings is 1. The quantitative estimate of drug-likeness (QED) is 0.516. The summed E-state index contributed by atoms with van der Waals surface area (Å²) in [6.45, 7) is 15.2. The van der Waals surface area contributed by atoms with Crippen LogP contribution < -0.4 is 4.90 Å².